The first kappa shape index (κ1) is 19.2. The van der Waals surface area contributed by atoms with Crippen molar-refractivity contribution in [1.29, 1.82) is 0 Å². The van der Waals surface area contributed by atoms with Gasteiger partial charge in [-0.3, -0.25) is 4.99 Å². The van der Waals surface area contributed by atoms with Crippen LogP contribution in [0.2, 0.25) is 0 Å². The van der Waals surface area contributed by atoms with Gasteiger partial charge in [-0.05, 0) is 31.4 Å². The normalized spacial score (nSPS) is 31.6. The molecule has 1 N–H and O–H groups in total. The summed E-state index contributed by atoms with van der Waals surface area (Å²) >= 11 is 0. The highest BCUT2D eigenvalue weighted by Gasteiger charge is 2.66. The molecule has 7 heteroatoms. The lowest BCUT2D eigenvalue weighted by Crippen LogP contribution is -2.73. The topological polar surface area (TPSA) is 53.0 Å². The van der Waals surface area contributed by atoms with E-state index in [4.69, 9.17) is 4.74 Å². The zero-order chi connectivity index (χ0) is 17.6. The molecule has 0 bridgehead atoms. The highest BCUT2D eigenvalue weighted by atomic mass is 127. The number of hydrogen-bond donors (Lipinski definition) is 1. The summed E-state index contributed by atoms with van der Waals surface area (Å²) in [6, 6.07) is 6.68. The Hall–Kier alpha value is -1.09. The highest BCUT2D eigenvalue weighted by Crippen LogP contribution is 2.62. The number of piperazine rings is 1. The fourth-order valence-electron chi connectivity index (χ4n) is 5.58. The third-order valence-corrected chi connectivity index (χ3v) is 7.08. The van der Waals surface area contributed by atoms with Crippen molar-refractivity contribution in [2.24, 2.45) is 16.3 Å². The second kappa shape index (κ2) is 7.73. The smallest absolute Gasteiger partial charge is 0.194 e. The zero-order valence-corrected chi connectivity index (χ0v) is 18.3. The van der Waals surface area contributed by atoms with Gasteiger partial charge in [-0.25, -0.2) is 4.98 Å². The first-order chi connectivity index (χ1) is 12.8. The van der Waals surface area contributed by atoms with E-state index in [0.29, 0.717) is 23.5 Å². The molecule has 1 spiro atoms. The van der Waals surface area contributed by atoms with Crippen LogP contribution in [0.15, 0.2) is 29.4 Å². The SMILES string of the molecule is CN=C(NC1C2CCOC2C12CCC2)N1CCN(c2ccccn2)CC1.I. The third-order valence-electron chi connectivity index (χ3n) is 7.08. The maximum absolute atomic E-state index is 6.06. The Morgan fingerprint density at radius 3 is 2.70 bits per heavy atom. The van der Waals surface area contributed by atoms with Gasteiger partial charge in [0.1, 0.15) is 5.82 Å². The van der Waals surface area contributed by atoms with Gasteiger partial charge in [0, 0.05) is 63.4 Å². The van der Waals surface area contributed by atoms with Crippen molar-refractivity contribution in [2.75, 3.05) is 44.7 Å². The molecule has 1 aromatic heterocycles. The zero-order valence-electron chi connectivity index (χ0n) is 16.0. The third kappa shape index (κ3) is 3.10. The van der Waals surface area contributed by atoms with E-state index in [1.807, 2.05) is 19.3 Å². The summed E-state index contributed by atoms with van der Waals surface area (Å²) in [5.41, 5.74) is 0.396. The Morgan fingerprint density at radius 1 is 1.26 bits per heavy atom. The van der Waals surface area contributed by atoms with Gasteiger partial charge in [-0.1, -0.05) is 12.5 Å². The molecule has 0 aromatic carbocycles. The van der Waals surface area contributed by atoms with Crippen molar-refractivity contribution in [3.63, 3.8) is 0 Å². The summed E-state index contributed by atoms with van der Waals surface area (Å²) in [6.45, 7) is 4.89. The average molecular weight is 483 g/mol. The molecule has 27 heavy (non-hydrogen) atoms. The van der Waals surface area contributed by atoms with Gasteiger partial charge in [-0.15, -0.1) is 24.0 Å². The molecule has 148 valence electrons. The summed E-state index contributed by atoms with van der Waals surface area (Å²) in [6.07, 6.45) is 7.57. The molecular weight excluding hydrogens is 453 g/mol. The minimum absolute atomic E-state index is 0. The molecule has 3 atom stereocenters. The second-order valence-electron chi connectivity index (χ2n) is 8.16. The molecule has 0 radical (unpaired) electrons. The number of nitrogens with one attached hydrogen (secondary N) is 1. The van der Waals surface area contributed by atoms with Gasteiger partial charge >= 0.3 is 0 Å². The van der Waals surface area contributed by atoms with Crippen molar-refractivity contribution in [2.45, 2.75) is 37.8 Å². The van der Waals surface area contributed by atoms with Gasteiger partial charge in [0.2, 0.25) is 0 Å². The molecule has 2 saturated carbocycles. The summed E-state index contributed by atoms with van der Waals surface area (Å²) in [4.78, 5) is 13.9. The first-order valence-electron chi connectivity index (χ1n) is 10.1. The minimum Gasteiger partial charge on any atom is -0.377 e. The number of aliphatic imine (C=N–C) groups is 1. The van der Waals surface area contributed by atoms with Gasteiger partial charge < -0.3 is 19.9 Å². The fourth-order valence-corrected chi connectivity index (χ4v) is 5.58. The monoisotopic (exact) mass is 483 g/mol. The minimum atomic E-state index is 0. The quantitative estimate of drug-likeness (QED) is 0.398. The molecule has 5 rings (SSSR count). The van der Waals surface area contributed by atoms with E-state index >= 15 is 0 Å². The van der Waals surface area contributed by atoms with Gasteiger partial charge in [0.15, 0.2) is 5.96 Å². The number of aromatic nitrogens is 1. The van der Waals surface area contributed by atoms with Crippen LogP contribution in [-0.4, -0.2) is 67.8 Å². The number of fused-ring (bicyclic) bond motifs is 2. The van der Waals surface area contributed by atoms with Crippen LogP contribution in [0.1, 0.15) is 25.7 Å². The second-order valence-corrected chi connectivity index (χ2v) is 8.16. The predicted molar refractivity (Wildman–Crippen MR) is 118 cm³/mol. The average Bonchev–Trinajstić information content (AvgIpc) is 3.07. The number of hydrogen-bond acceptors (Lipinski definition) is 4. The van der Waals surface area contributed by atoms with Crippen molar-refractivity contribution < 1.29 is 4.74 Å². The largest absolute Gasteiger partial charge is 0.377 e. The molecule has 0 amide bonds. The van der Waals surface area contributed by atoms with Crippen LogP contribution in [0.4, 0.5) is 5.82 Å². The number of guanidine groups is 1. The van der Waals surface area contributed by atoms with Crippen molar-refractivity contribution in [3.8, 4) is 0 Å². The van der Waals surface area contributed by atoms with Crippen LogP contribution < -0.4 is 10.2 Å². The van der Waals surface area contributed by atoms with Crippen LogP contribution in [-0.2, 0) is 4.74 Å². The maximum Gasteiger partial charge on any atom is 0.194 e. The molecule has 4 aliphatic rings. The number of anilines is 1. The van der Waals surface area contributed by atoms with Crippen LogP contribution in [0.5, 0.6) is 0 Å². The maximum atomic E-state index is 6.06. The summed E-state index contributed by atoms with van der Waals surface area (Å²) < 4.78 is 6.06. The molecule has 3 unspecified atom stereocenters. The molecule has 2 aliphatic carbocycles. The van der Waals surface area contributed by atoms with Crippen LogP contribution >= 0.6 is 24.0 Å². The van der Waals surface area contributed by atoms with Gasteiger partial charge in [0.05, 0.1) is 6.10 Å². The Labute approximate surface area is 178 Å². The van der Waals surface area contributed by atoms with E-state index in [-0.39, 0.29) is 24.0 Å². The number of halogens is 1. The Balaban J connectivity index is 0.00000180. The first-order valence-corrected chi connectivity index (χ1v) is 10.1. The van der Waals surface area contributed by atoms with Crippen molar-refractivity contribution in [1.82, 2.24) is 15.2 Å². The lowest BCUT2D eigenvalue weighted by molar-refractivity contribution is -0.171. The summed E-state index contributed by atoms with van der Waals surface area (Å²) in [5, 5.41) is 3.85. The standard InChI is InChI=1S/C20H29N5O.HI/c1-21-19(23-17-15-6-14-26-18(15)20(17)7-4-8-20)25-12-10-24(11-13-25)16-5-2-3-9-22-16;/h2-3,5,9,15,17-18H,4,6-8,10-14H2,1H3,(H,21,23);1H. The predicted octanol–water partition coefficient (Wildman–Crippen LogP) is 2.35. The van der Waals surface area contributed by atoms with E-state index in [0.717, 1.165) is 44.6 Å². The molecule has 4 fully saturated rings. The Kier molecular flexibility index (Phi) is 5.51. The van der Waals surface area contributed by atoms with Crippen LogP contribution in [0.25, 0.3) is 0 Å². The molecule has 2 saturated heterocycles. The number of rotatable bonds is 2. The van der Waals surface area contributed by atoms with E-state index in [1.54, 1.807) is 0 Å². The van der Waals surface area contributed by atoms with Crippen LogP contribution in [0.3, 0.4) is 0 Å². The summed E-state index contributed by atoms with van der Waals surface area (Å²) in [7, 11) is 1.92. The van der Waals surface area contributed by atoms with Gasteiger partial charge in [-0.2, -0.15) is 0 Å². The number of ether oxygens (including phenoxy) is 1. The highest BCUT2D eigenvalue weighted by molar-refractivity contribution is 14.0. The number of pyridine rings is 1. The van der Waals surface area contributed by atoms with Crippen molar-refractivity contribution >= 4 is 35.8 Å². The molecule has 1 aromatic rings. The summed E-state index contributed by atoms with van der Waals surface area (Å²) in [5.74, 6) is 2.84. The Morgan fingerprint density at radius 2 is 2.07 bits per heavy atom. The lowest BCUT2D eigenvalue weighted by atomic mass is 9.46. The van der Waals surface area contributed by atoms with E-state index in [1.165, 1.54) is 25.7 Å². The molecular formula is C20H30IN5O. The lowest BCUT2D eigenvalue weighted by Gasteiger charge is -2.63. The molecule has 3 heterocycles. The van der Waals surface area contributed by atoms with Crippen molar-refractivity contribution in [3.05, 3.63) is 24.4 Å². The molecule has 2 aliphatic heterocycles. The van der Waals surface area contributed by atoms with E-state index in [9.17, 15) is 0 Å². The number of nitrogens with zero attached hydrogens (tertiary/aromatic N) is 4. The fraction of sp³-hybridized carbons (Fsp3) is 0.700. The van der Waals surface area contributed by atoms with E-state index in [2.05, 4.69) is 37.2 Å². The molecule has 6 nitrogen and oxygen atoms in total. The van der Waals surface area contributed by atoms with Crippen LogP contribution in [0, 0.1) is 11.3 Å². The Bertz CT molecular complexity index is 672. The van der Waals surface area contributed by atoms with Gasteiger partial charge in [0.25, 0.3) is 0 Å². The van der Waals surface area contributed by atoms with E-state index < -0.39 is 0 Å².